The Morgan fingerprint density at radius 2 is 2.29 bits per heavy atom. The summed E-state index contributed by atoms with van der Waals surface area (Å²) in [5.41, 5.74) is 2.26. The van der Waals surface area contributed by atoms with Gasteiger partial charge in [-0.3, -0.25) is 0 Å². The van der Waals surface area contributed by atoms with Crippen LogP contribution in [0.5, 0.6) is 0 Å². The summed E-state index contributed by atoms with van der Waals surface area (Å²) in [5.74, 6) is 0. The Bertz CT molecular complexity index is 267. The first-order valence-electron chi connectivity index (χ1n) is 4.97. The lowest BCUT2D eigenvalue weighted by Gasteiger charge is -2.19. The molecule has 0 radical (unpaired) electrons. The van der Waals surface area contributed by atoms with Crippen molar-refractivity contribution in [3.63, 3.8) is 0 Å². The molecule has 0 bridgehead atoms. The van der Waals surface area contributed by atoms with E-state index in [0.717, 1.165) is 24.5 Å². The Kier molecular flexibility index (Phi) is 4.10. The number of aryl methyl sites for hydroxylation is 1. The Balaban J connectivity index is 2.25. The highest BCUT2D eigenvalue weighted by molar-refractivity contribution is 5.07. The van der Waals surface area contributed by atoms with Gasteiger partial charge in [-0.25, -0.2) is 4.98 Å². The van der Waals surface area contributed by atoms with Gasteiger partial charge in [0, 0.05) is 24.8 Å². The van der Waals surface area contributed by atoms with Crippen molar-refractivity contribution in [2.24, 2.45) is 0 Å². The van der Waals surface area contributed by atoms with Crippen LogP contribution in [0.1, 0.15) is 18.3 Å². The molecule has 80 valence electrons. The van der Waals surface area contributed by atoms with Crippen LogP contribution in [0.4, 0.5) is 0 Å². The van der Waals surface area contributed by atoms with Crippen LogP contribution in [0.2, 0.25) is 0 Å². The number of hydrogen-bond donors (Lipinski definition) is 2. The van der Waals surface area contributed by atoms with E-state index in [1.807, 2.05) is 6.92 Å². The van der Waals surface area contributed by atoms with Crippen molar-refractivity contribution >= 4 is 0 Å². The Hall–Kier alpha value is -0.870. The van der Waals surface area contributed by atoms with E-state index in [1.54, 1.807) is 6.33 Å². The zero-order chi connectivity index (χ0) is 10.6. The maximum Gasteiger partial charge on any atom is 0.0925 e. The maximum atomic E-state index is 4.23. The van der Waals surface area contributed by atoms with Crippen molar-refractivity contribution in [1.82, 2.24) is 20.2 Å². The molecule has 1 unspecified atom stereocenters. The third-order valence-corrected chi connectivity index (χ3v) is 2.55. The first kappa shape index (κ1) is 11.2. The molecule has 2 N–H and O–H groups in total. The third kappa shape index (κ3) is 3.12. The molecule has 1 aromatic heterocycles. The zero-order valence-corrected chi connectivity index (χ0v) is 9.46. The van der Waals surface area contributed by atoms with Crippen molar-refractivity contribution in [3.8, 4) is 0 Å². The van der Waals surface area contributed by atoms with Crippen molar-refractivity contribution in [1.29, 1.82) is 0 Å². The summed E-state index contributed by atoms with van der Waals surface area (Å²) in [6, 6.07) is 0.550. The predicted octanol–water partition coefficient (Wildman–Crippen LogP) is 0.758. The van der Waals surface area contributed by atoms with Gasteiger partial charge in [-0.2, -0.15) is 0 Å². The Labute approximate surface area is 85.7 Å². The number of nitrogens with one attached hydrogen (secondary N) is 2. The number of likely N-dealkylation sites (N-methyl/N-ethyl adjacent to an activating group) is 1. The zero-order valence-electron chi connectivity index (χ0n) is 9.46. The van der Waals surface area contributed by atoms with Crippen LogP contribution in [0.3, 0.4) is 0 Å². The molecular weight excluding hydrogens is 176 g/mol. The summed E-state index contributed by atoms with van der Waals surface area (Å²) in [6.45, 7) is 6.07. The van der Waals surface area contributed by atoms with Gasteiger partial charge in [0.05, 0.1) is 12.0 Å². The summed E-state index contributed by atoms with van der Waals surface area (Å²) in [6.07, 6.45) is 1.74. The van der Waals surface area contributed by atoms with Crippen molar-refractivity contribution in [2.45, 2.75) is 26.4 Å². The van der Waals surface area contributed by atoms with Crippen LogP contribution in [-0.2, 0) is 6.54 Å². The first-order valence-corrected chi connectivity index (χ1v) is 4.97. The summed E-state index contributed by atoms with van der Waals surface area (Å²) < 4.78 is 0. The van der Waals surface area contributed by atoms with Gasteiger partial charge in [0.1, 0.15) is 0 Å². The van der Waals surface area contributed by atoms with Crippen LogP contribution in [0, 0.1) is 6.92 Å². The van der Waals surface area contributed by atoms with E-state index in [4.69, 9.17) is 0 Å². The fraction of sp³-hybridized carbons (Fsp3) is 0.700. The van der Waals surface area contributed by atoms with Gasteiger partial charge >= 0.3 is 0 Å². The second-order valence-electron chi connectivity index (χ2n) is 3.92. The molecule has 0 aromatic carbocycles. The van der Waals surface area contributed by atoms with Gasteiger partial charge in [0.2, 0.25) is 0 Å². The Morgan fingerprint density at radius 3 is 2.79 bits per heavy atom. The van der Waals surface area contributed by atoms with Crippen LogP contribution >= 0.6 is 0 Å². The van der Waals surface area contributed by atoms with E-state index in [1.165, 1.54) is 0 Å². The number of hydrogen-bond acceptors (Lipinski definition) is 3. The fourth-order valence-corrected chi connectivity index (χ4v) is 1.15. The van der Waals surface area contributed by atoms with Crippen LogP contribution in [0.15, 0.2) is 6.33 Å². The van der Waals surface area contributed by atoms with Crippen LogP contribution in [-0.4, -0.2) is 41.5 Å². The van der Waals surface area contributed by atoms with E-state index in [2.05, 4.69) is 41.2 Å². The number of imidazole rings is 1. The van der Waals surface area contributed by atoms with Crippen molar-refractivity contribution < 1.29 is 0 Å². The van der Waals surface area contributed by atoms with Gasteiger partial charge in [-0.1, -0.05) is 0 Å². The molecule has 4 heteroatoms. The third-order valence-electron chi connectivity index (χ3n) is 2.55. The highest BCUT2D eigenvalue weighted by Gasteiger charge is 2.04. The SMILES string of the molecule is Cc1[nH]cnc1CNCC(C)N(C)C. The molecule has 1 heterocycles. The normalized spacial score (nSPS) is 13.5. The lowest BCUT2D eigenvalue weighted by molar-refractivity contribution is 0.302. The molecule has 0 amide bonds. The average Bonchev–Trinajstić information content (AvgIpc) is 2.51. The molecular formula is C10H20N4. The molecule has 14 heavy (non-hydrogen) atoms. The molecule has 1 rings (SSSR count). The number of aromatic amines is 1. The molecule has 4 nitrogen and oxygen atoms in total. The molecule has 1 aromatic rings. The Morgan fingerprint density at radius 1 is 1.57 bits per heavy atom. The lowest BCUT2D eigenvalue weighted by Crippen LogP contribution is -2.35. The molecule has 0 aliphatic carbocycles. The van der Waals surface area contributed by atoms with Gasteiger partial charge in [0.15, 0.2) is 0 Å². The van der Waals surface area contributed by atoms with Gasteiger partial charge in [-0.05, 0) is 27.9 Å². The molecule has 0 saturated carbocycles. The van der Waals surface area contributed by atoms with Crippen molar-refractivity contribution in [2.75, 3.05) is 20.6 Å². The topological polar surface area (TPSA) is 44.0 Å². The van der Waals surface area contributed by atoms with E-state index >= 15 is 0 Å². The lowest BCUT2D eigenvalue weighted by atomic mass is 10.3. The molecule has 0 saturated heterocycles. The highest BCUT2D eigenvalue weighted by atomic mass is 15.1. The number of H-pyrrole nitrogens is 1. The van der Waals surface area contributed by atoms with Gasteiger partial charge < -0.3 is 15.2 Å². The monoisotopic (exact) mass is 196 g/mol. The second kappa shape index (κ2) is 5.12. The molecule has 0 spiro atoms. The van der Waals surface area contributed by atoms with Crippen LogP contribution in [0.25, 0.3) is 0 Å². The molecule has 0 aliphatic heterocycles. The number of aromatic nitrogens is 2. The number of rotatable bonds is 5. The summed E-state index contributed by atoms with van der Waals surface area (Å²) in [4.78, 5) is 9.49. The van der Waals surface area contributed by atoms with Crippen LogP contribution < -0.4 is 5.32 Å². The first-order chi connectivity index (χ1) is 6.61. The molecule has 1 atom stereocenters. The predicted molar refractivity (Wildman–Crippen MR) is 58.2 cm³/mol. The second-order valence-corrected chi connectivity index (χ2v) is 3.92. The molecule has 0 aliphatic rings. The molecule has 0 fully saturated rings. The smallest absolute Gasteiger partial charge is 0.0925 e. The van der Waals surface area contributed by atoms with Gasteiger partial charge in [-0.15, -0.1) is 0 Å². The standard InChI is InChI=1S/C10H20N4/c1-8(14(3)4)5-11-6-10-9(2)12-7-13-10/h7-8,11H,5-6H2,1-4H3,(H,12,13). The van der Waals surface area contributed by atoms with Gasteiger partial charge in [0.25, 0.3) is 0 Å². The summed E-state index contributed by atoms with van der Waals surface area (Å²) >= 11 is 0. The van der Waals surface area contributed by atoms with E-state index < -0.39 is 0 Å². The fourth-order valence-electron chi connectivity index (χ4n) is 1.15. The maximum absolute atomic E-state index is 4.23. The van der Waals surface area contributed by atoms with Crippen molar-refractivity contribution in [3.05, 3.63) is 17.7 Å². The van der Waals surface area contributed by atoms with E-state index in [9.17, 15) is 0 Å². The summed E-state index contributed by atoms with van der Waals surface area (Å²) in [7, 11) is 4.18. The minimum atomic E-state index is 0.550. The minimum Gasteiger partial charge on any atom is -0.348 e. The largest absolute Gasteiger partial charge is 0.348 e. The quantitative estimate of drug-likeness (QED) is 0.730. The highest BCUT2D eigenvalue weighted by Crippen LogP contribution is 1.99. The summed E-state index contributed by atoms with van der Waals surface area (Å²) in [5, 5.41) is 3.39. The number of nitrogens with zero attached hydrogens (tertiary/aromatic N) is 2. The minimum absolute atomic E-state index is 0.550. The van der Waals surface area contributed by atoms with E-state index in [-0.39, 0.29) is 0 Å². The average molecular weight is 196 g/mol. The van der Waals surface area contributed by atoms with E-state index in [0.29, 0.717) is 6.04 Å².